The molecule has 0 aliphatic carbocycles. The Morgan fingerprint density at radius 2 is 1.95 bits per heavy atom. The molecule has 3 rings (SSSR count). The number of carbonyl (C=O) groups excluding carboxylic acids is 1. The van der Waals surface area contributed by atoms with Crippen molar-refractivity contribution >= 4 is 16.9 Å². The summed E-state index contributed by atoms with van der Waals surface area (Å²) in [6.45, 7) is 1.80. The van der Waals surface area contributed by atoms with E-state index in [0.29, 0.717) is 26.2 Å². The van der Waals surface area contributed by atoms with Crippen molar-refractivity contribution in [3.05, 3.63) is 34.7 Å². The summed E-state index contributed by atoms with van der Waals surface area (Å²) in [4.78, 5) is 24.3. The number of nitrogens with one attached hydrogen (secondary N) is 1. The van der Waals surface area contributed by atoms with Crippen LogP contribution in [0.4, 0.5) is 0 Å². The molecule has 0 saturated carbocycles. The average molecular weight is 303 g/mol. The van der Waals surface area contributed by atoms with E-state index in [2.05, 4.69) is 5.32 Å². The number of ether oxygens (including phenoxy) is 1. The predicted octanol–water partition coefficient (Wildman–Crippen LogP) is 1.03. The minimum Gasteiger partial charge on any atom is -0.381 e. The van der Waals surface area contributed by atoms with Gasteiger partial charge in [0.05, 0.1) is 11.0 Å². The van der Waals surface area contributed by atoms with Crippen LogP contribution in [0.25, 0.3) is 11.0 Å². The van der Waals surface area contributed by atoms with Crippen molar-refractivity contribution in [1.82, 2.24) is 14.5 Å². The molecule has 1 saturated heterocycles. The lowest BCUT2D eigenvalue weighted by atomic mass is 10.1. The van der Waals surface area contributed by atoms with Crippen LogP contribution in [0, 0.1) is 0 Å². The number of benzene rings is 1. The zero-order chi connectivity index (χ0) is 15.5. The second kappa shape index (κ2) is 6.36. The maximum Gasteiger partial charge on any atom is 0.328 e. The SMILES string of the molecule is Cn1c(=O)n(CCC(=O)NC2CCOCC2)c2ccccc21. The van der Waals surface area contributed by atoms with E-state index in [4.69, 9.17) is 4.74 Å². The molecular formula is C16H21N3O3. The lowest BCUT2D eigenvalue weighted by Crippen LogP contribution is -2.39. The fraction of sp³-hybridized carbons (Fsp3) is 0.500. The van der Waals surface area contributed by atoms with Crippen LogP contribution in [0.3, 0.4) is 0 Å². The Bertz CT molecular complexity index is 726. The Morgan fingerprint density at radius 3 is 2.68 bits per heavy atom. The summed E-state index contributed by atoms with van der Waals surface area (Å²) in [5.74, 6) is -0.00765. The molecule has 0 radical (unpaired) electrons. The Hall–Kier alpha value is -2.08. The molecule has 2 aromatic rings. The van der Waals surface area contributed by atoms with Gasteiger partial charge in [-0.15, -0.1) is 0 Å². The smallest absolute Gasteiger partial charge is 0.328 e. The van der Waals surface area contributed by atoms with E-state index in [9.17, 15) is 9.59 Å². The molecule has 0 spiro atoms. The summed E-state index contributed by atoms with van der Waals surface area (Å²) in [6, 6.07) is 7.83. The Labute approximate surface area is 128 Å². The Balaban J connectivity index is 1.67. The van der Waals surface area contributed by atoms with Crippen LogP contribution in [0.5, 0.6) is 0 Å². The molecule has 22 heavy (non-hydrogen) atoms. The van der Waals surface area contributed by atoms with Gasteiger partial charge in [0.15, 0.2) is 0 Å². The van der Waals surface area contributed by atoms with Gasteiger partial charge in [-0.25, -0.2) is 4.79 Å². The summed E-state index contributed by atoms with van der Waals surface area (Å²) in [7, 11) is 1.75. The Morgan fingerprint density at radius 1 is 1.27 bits per heavy atom. The third-order valence-corrected chi connectivity index (χ3v) is 4.20. The first-order valence-electron chi connectivity index (χ1n) is 7.68. The summed E-state index contributed by atoms with van der Waals surface area (Å²) < 4.78 is 8.56. The van der Waals surface area contributed by atoms with E-state index in [1.807, 2.05) is 24.3 Å². The van der Waals surface area contributed by atoms with Gasteiger partial charge in [-0.1, -0.05) is 12.1 Å². The first kappa shape index (κ1) is 14.8. The van der Waals surface area contributed by atoms with E-state index in [1.54, 1.807) is 16.2 Å². The van der Waals surface area contributed by atoms with Gasteiger partial charge >= 0.3 is 5.69 Å². The van der Waals surface area contributed by atoms with Crippen molar-refractivity contribution in [3.63, 3.8) is 0 Å². The van der Waals surface area contributed by atoms with Crippen molar-refractivity contribution in [2.24, 2.45) is 7.05 Å². The fourth-order valence-corrected chi connectivity index (χ4v) is 2.93. The summed E-state index contributed by atoms with van der Waals surface area (Å²) in [6.07, 6.45) is 2.03. The maximum absolute atomic E-state index is 12.3. The fourth-order valence-electron chi connectivity index (χ4n) is 2.93. The number of imidazole rings is 1. The number of fused-ring (bicyclic) bond motifs is 1. The van der Waals surface area contributed by atoms with Gasteiger partial charge in [0, 0.05) is 39.3 Å². The number of hydrogen-bond acceptors (Lipinski definition) is 3. The van der Waals surface area contributed by atoms with Crippen LogP contribution < -0.4 is 11.0 Å². The number of nitrogens with zero attached hydrogens (tertiary/aromatic N) is 2. The van der Waals surface area contributed by atoms with Crippen molar-refractivity contribution in [2.75, 3.05) is 13.2 Å². The average Bonchev–Trinajstić information content (AvgIpc) is 2.78. The molecule has 1 fully saturated rings. The van der Waals surface area contributed by atoms with E-state index in [0.717, 1.165) is 23.9 Å². The van der Waals surface area contributed by atoms with E-state index < -0.39 is 0 Å². The van der Waals surface area contributed by atoms with Crippen LogP contribution in [0.15, 0.2) is 29.1 Å². The Kier molecular flexibility index (Phi) is 4.29. The zero-order valence-corrected chi connectivity index (χ0v) is 12.7. The predicted molar refractivity (Wildman–Crippen MR) is 83.8 cm³/mol. The zero-order valence-electron chi connectivity index (χ0n) is 12.7. The van der Waals surface area contributed by atoms with Crippen LogP contribution in [-0.2, 0) is 23.1 Å². The molecule has 1 N–H and O–H groups in total. The second-order valence-electron chi connectivity index (χ2n) is 5.69. The van der Waals surface area contributed by atoms with E-state index in [1.165, 1.54) is 0 Å². The molecule has 6 nitrogen and oxygen atoms in total. The number of aromatic nitrogens is 2. The molecule has 0 unspecified atom stereocenters. The topological polar surface area (TPSA) is 65.3 Å². The summed E-state index contributed by atoms with van der Waals surface area (Å²) in [5.41, 5.74) is 1.67. The lowest BCUT2D eigenvalue weighted by Gasteiger charge is -2.23. The number of para-hydroxylation sites is 2. The van der Waals surface area contributed by atoms with E-state index in [-0.39, 0.29) is 17.6 Å². The molecule has 1 aromatic heterocycles. The van der Waals surface area contributed by atoms with E-state index >= 15 is 0 Å². The third kappa shape index (κ3) is 2.92. The molecular weight excluding hydrogens is 282 g/mol. The summed E-state index contributed by atoms with van der Waals surface area (Å²) in [5, 5.41) is 3.02. The van der Waals surface area contributed by atoms with Crippen molar-refractivity contribution in [2.45, 2.75) is 31.8 Å². The van der Waals surface area contributed by atoms with Crippen molar-refractivity contribution in [3.8, 4) is 0 Å². The molecule has 1 amide bonds. The number of rotatable bonds is 4. The van der Waals surface area contributed by atoms with Gasteiger partial charge in [-0.05, 0) is 25.0 Å². The monoisotopic (exact) mass is 303 g/mol. The van der Waals surface area contributed by atoms with Gasteiger partial charge in [-0.2, -0.15) is 0 Å². The molecule has 1 aliphatic rings. The molecule has 118 valence electrons. The number of aryl methyl sites for hydroxylation is 2. The molecule has 0 atom stereocenters. The molecule has 0 bridgehead atoms. The van der Waals surface area contributed by atoms with Gasteiger partial charge < -0.3 is 10.1 Å². The van der Waals surface area contributed by atoms with Crippen LogP contribution >= 0.6 is 0 Å². The van der Waals surface area contributed by atoms with Gasteiger partial charge in [0.2, 0.25) is 5.91 Å². The first-order valence-corrected chi connectivity index (χ1v) is 7.68. The van der Waals surface area contributed by atoms with Crippen LogP contribution in [-0.4, -0.2) is 34.3 Å². The lowest BCUT2D eigenvalue weighted by molar-refractivity contribution is -0.122. The third-order valence-electron chi connectivity index (χ3n) is 4.20. The molecule has 2 heterocycles. The maximum atomic E-state index is 12.3. The normalized spacial score (nSPS) is 16.0. The van der Waals surface area contributed by atoms with Gasteiger partial charge in [-0.3, -0.25) is 13.9 Å². The summed E-state index contributed by atoms with van der Waals surface area (Å²) >= 11 is 0. The van der Waals surface area contributed by atoms with Crippen LogP contribution in [0.2, 0.25) is 0 Å². The van der Waals surface area contributed by atoms with Crippen molar-refractivity contribution < 1.29 is 9.53 Å². The second-order valence-corrected chi connectivity index (χ2v) is 5.69. The van der Waals surface area contributed by atoms with Crippen molar-refractivity contribution in [1.29, 1.82) is 0 Å². The highest BCUT2D eigenvalue weighted by Crippen LogP contribution is 2.12. The quantitative estimate of drug-likeness (QED) is 0.917. The largest absolute Gasteiger partial charge is 0.381 e. The standard InChI is InChI=1S/C16H21N3O3/c1-18-13-4-2-3-5-14(13)19(16(18)21)9-6-15(20)17-12-7-10-22-11-8-12/h2-5,12H,6-11H2,1H3,(H,17,20). The van der Waals surface area contributed by atoms with Crippen LogP contribution in [0.1, 0.15) is 19.3 Å². The highest BCUT2D eigenvalue weighted by Gasteiger charge is 2.17. The minimum atomic E-state index is -0.0833. The number of amides is 1. The molecule has 6 heteroatoms. The number of carbonyl (C=O) groups is 1. The highest BCUT2D eigenvalue weighted by molar-refractivity contribution is 5.78. The number of hydrogen-bond donors (Lipinski definition) is 1. The molecule has 1 aromatic carbocycles. The van der Waals surface area contributed by atoms with Gasteiger partial charge in [0.1, 0.15) is 0 Å². The minimum absolute atomic E-state index is 0.00765. The molecule has 1 aliphatic heterocycles. The highest BCUT2D eigenvalue weighted by atomic mass is 16.5. The first-order chi connectivity index (χ1) is 10.7. The van der Waals surface area contributed by atoms with Gasteiger partial charge in [0.25, 0.3) is 0 Å².